The molecular formula is C53H40O. The quantitative estimate of drug-likeness (QED) is 0.167. The first-order valence-corrected chi connectivity index (χ1v) is 19.2. The minimum atomic E-state index is -0.0959. The Bertz CT molecular complexity index is 2990. The molecule has 0 fully saturated rings. The molecule has 8 aromatic carbocycles. The molecule has 2 aliphatic carbocycles. The van der Waals surface area contributed by atoms with E-state index in [0.29, 0.717) is 0 Å². The average molecular weight is 693 g/mol. The molecule has 0 radical (unpaired) electrons. The third-order valence-electron chi connectivity index (χ3n) is 12.8. The van der Waals surface area contributed by atoms with Crippen molar-refractivity contribution in [3.05, 3.63) is 203 Å². The fraction of sp³-hybridized carbons (Fsp3) is 0.132. The Balaban J connectivity index is 1.17. The van der Waals surface area contributed by atoms with Crippen molar-refractivity contribution in [2.75, 3.05) is 0 Å². The minimum absolute atomic E-state index is 0.00901. The molecule has 0 spiro atoms. The standard InChI is InChI=1S/C53H40O/c1-52(2)43-22-12-10-19-37(43)39-27-25-34(30-45(39)52)48(32-15-6-5-7-16-32)41-21-14-24-47-50(41)42-29-33-17-8-9-18-36(33)49(51(42)54-47)35-26-28-40-38-20-11-13-23-44(38)53(3,4)46(40)31-35/h5-31,48H,1-4H3. The Kier molecular flexibility index (Phi) is 6.48. The van der Waals surface area contributed by atoms with Crippen LogP contribution < -0.4 is 0 Å². The van der Waals surface area contributed by atoms with Gasteiger partial charge in [-0.25, -0.2) is 0 Å². The topological polar surface area (TPSA) is 13.1 Å². The first-order chi connectivity index (χ1) is 26.3. The highest BCUT2D eigenvalue weighted by molar-refractivity contribution is 6.19. The van der Waals surface area contributed by atoms with Crippen molar-refractivity contribution in [2.24, 2.45) is 0 Å². The van der Waals surface area contributed by atoms with Gasteiger partial charge in [-0.15, -0.1) is 0 Å². The lowest BCUT2D eigenvalue weighted by atomic mass is 9.78. The minimum Gasteiger partial charge on any atom is -0.455 e. The molecule has 9 aromatic rings. The van der Waals surface area contributed by atoms with E-state index in [1.165, 1.54) is 82.9 Å². The zero-order valence-electron chi connectivity index (χ0n) is 31.1. The van der Waals surface area contributed by atoms with Crippen LogP contribution in [0.3, 0.4) is 0 Å². The van der Waals surface area contributed by atoms with E-state index in [9.17, 15) is 0 Å². The molecule has 0 N–H and O–H groups in total. The Morgan fingerprint density at radius 1 is 0.444 bits per heavy atom. The molecule has 0 saturated carbocycles. The molecule has 1 nitrogen and oxygen atoms in total. The number of fused-ring (bicyclic) bond motifs is 10. The predicted octanol–water partition coefficient (Wildman–Crippen LogP) is 14.2. The van der Waals surface area contributed by atoms with Gasteiger partial charge in [-0.3, -0.25) is 0 Å². The van der Waals surface area contributed by atoms with Gasteiger partial charge in [0.1, 0.15) is 11.2 Å². The monoisotopic (exact) mass is 692 g/mol. The van der Waals surface area contributed by atoms with E-state index in [4.69, 9.17) is 4.42 Å². The summed E-state index contributed by atoms with van der Waals surface area (Å²) >= 11 is 0. The van der Waals surface area contributed by atoms with Crippen molar-refractivity contribution in [3.8, 4) is 33.4 Å². The molecule has 1 unspecified atom stereocenters. The molecule has 0 saturated heterocycles. The summed E-state index contributed by atoms with van der Waals surface area (Å²) in [6.07, 6.45) is 0. The van der Waals surface area contributed by atoms with E-state index in [1.807, 2.05) is 0 Å². The van der Waals surface area contributed by atoms with Gasteiger partial charge >= 0.3 is 0 Å². The number of rotatable bonds is 4. The Morgan fingerprint density at radius 2 is 1.06 bits per heavy atom. The van der Waals surface area contributed by atoms with E-state index in [1.54, 1.807) is 0 Å². The lowest BCUT2D eigenvalue weighted by Crippen LogP contribution is -2.15. The largest absolute Gasteiger partial charge is 0.455 e. The lowest BCUT2D eigenvalue weighted by molar-refractivity contribution is 0.658. The van der Waals surface area contributed by atoms with Gasteiger partial charge in [-0.05, 0) is 95.7 Å². The lowest BCUT2D eigenvalue weighted by Gasteiger charge is -2.25. The van der Waals surface area contributed by atoms with Crippen LogP contribution >= 0.6 is 0 Å². The molecule has 54 heavy (non-hydrogen) atoms. The zero-order valence-corrected chi connectivity index (χ0v) is 31.1. The Hall–Kier alpha value is -6.18. The second kappa shape index (κ2) is 11.2. The fourth-order valence-corrected chi connectivity index (χ4v) is 10.1. The summed E-state index contributed by atoms with van der Waals surface area (Å²) in [6, 6.07) is 60.9. The first kappa shape index (κ1) is 31.4. The SMILES string of the molecule is CC1(C)c2ccccc2-c2ccc(-c3c4ccccc4cc4c3oc3cccc(C(c5ccccc5)c5ccc6c(c5)C(C)(C)c5ccccc5-6)c34)cc21. The van der Waals surface area contributed by atoms with Gasteiger partial charge in [0.2, 0.25) is 0 Å². The highest BCUT2D eigenvalue weighted by Crippen LogP contribution is 2.53. The number of furan rings is 1. The Labute approximate surface area is 316 Å². The van der Waals surface area contributed by atoms with Crippen molar-refractivity contribution in [1.82, 2.24) is 0 Å². The maximum atomic E-state index is 7.09. The summed E-state index contributed by atoms with van der Waals surface area (Å²) in [7, 11) is 0. The van der Waals surface area contributed by atoms with Crippen molar-refractivity contribution < 1.29 is 4.42 Å². The summed E-state index contributed by atoms with van der Waals surface area (Å²) < 4.78 is 7.09. The molecule has 258 valence electrons. The van der Waals surface area contributed by atoms with Crippen molar-refractivity contribution in [3.63, 3.8) is 0 Å². The van der Waals surface area contributed by atoms with Crippen LogP contribution in [0.25, 0.3) is 66.1 Å². The third kappa shape index (κ3) is 4.27. The van der Waals surface area contributed by atoms with Crippen LogP contribution in [-0.2, 0) is 10.8 Å². The van der Waals surface area contributed by atoms with E-state index in [2.05, 4.69) is 191 Å². The highest BCUT2D eigenvalue weighted by atomic mass is 16.3. The van der Waals surface area contributed by atoms with Gasteiger partial charge in [-0.1, -0.05) is 173 Å². The normalized spacial score (nSPS) is 15.3. The molecule has 0 amide bonds. The van der Waals surface area contributed by atoms with Crippen molar-refractivity contribution >= 4 is 32.7 Å². The number of benzene rings is 8. The second-order valence-corrected chi connectivity index (χ2v) is 16.4. The van der Waals surface area contributed by atoms with Crippen LogP contribution in [0.1, 0.15) is 72.6 Å². The molecule has 1 heterocycles. The van der Waals surface area contributed by atoms with Gasteiger partial charge in [0.25, 0.3) is 0 Å². The summed E-state index contributed by atoms with van der Waals surface area (Å²) in [5.74, 6) is 0.00901. The van der Waals surface area contributed by atoms with E-state index < -0.39 is 0 Å². The van der Waals surface area contributed by atoms with Crippen LogP contribution in [0.4, 0.5) is 0 Å². The molecule has 1 heteroatoms. The molecule has 11 rings (SSSR count). The smallest absolute Gasteiger partial charge is 0.143 e. The van der Waals surface area contributed by atoms with Crippen molar-refractivity contribution in [2.45, 2.75) is 44.4 Å². The number of hydrogen-bond donors (Lipinski definition) is 0. The van der Waals surface area contributed by atoms with Gasteiger partial charge in [-0.2, -0.15) is 0 Å². The van der Waals surface area contributed by atoms with Gasteiger partial charge in [0, 0.05) is 33.1 Å². The summed E-state index contributed by atoms with van der Waals surface area (Å²) in [5, 5.41) is 4.77. The summed E-state index contributed by atoms with van der Waals surface area (Å²) in [5.41, 5.74) is 18.8. The van der Waals surface area contributed by atoms with Gasteiger partial charge in [0.05, 0.1) is 0 Å². The second-order valence-electron chi connectivity index (χ2n) is 16.4. The van der Waals surface area contributed by atoms with Crippen LogP contribution in [-0.4, -0.2) is 0 Å². The Morgan fingerprint density at radius 3 is 1.80 bits per heavy atom. The zero-order chi connectivity index (χ0) is 36.3. The van der Waals surface area contributed by atoms with E-state index in [-0.39, 0.29) is 16.7 Å². The van der Waals surface area contributed by atoms with E-state index >= 15 is 0 Å². The maximum absolute atomic E-state index is 7.09. The maximum Gasteiger partial charge on any atom is 0.143 e. The average Bonchev–Trinajstić information content (AvgIpc) is 3.77. The van der Waals surface area contributed by atoms with Gasteiger partial charge < -0.3 is 4.42 Å². The van der Waals surface area contributed by atoms with Crippen LogP contribution in [0.2, 0.25) is 0 Å². The van der Waals surface area contributed by atoms with Crippen LogP contribution in [0.5, 0.6) is 0 Å². The van der Waals surface area contributed by atoms with Crippen LogP contribution in [0.15, 0.2) is 168 Å². The van der Waals surface area contributed by atoms with E-state index in [0.717, 1.165) is 22.1 Å². The number of hydrogen-bond acceptors (Lipinski definition) is 1. The highest BCUT2D eigenvalue weighted by Gasteiger charge is 2.37. The molecule has 1 atom stereocenters. The third-order valence-corrected chi connectivity index (χ3v) is 12.8. The van der Waals surface area contributed by atoms with Gasteiger partial charge in [0.15, 0.2) is 0 Å². The molecular weight excluding hydrogens is 653 g/mol. The van der Waals surface area contributed by atoms with Crippen LogP contribution in [0, 0.1) is 0 Å². The first-order valence-electron chi connectivity index (χ1n) is 19.2. The molecule has 0 aliphatic heterocycles. The summed E-state index contributed by atoms with van der Waals surface area (Å²) in [4.78, 5) is 0. The summed E-state index contributed by atoms with van der Waals surface area (Å²) in [6.45, 7) is 9.45. The predicted molar refractivity (Wildman–Crippen MR) is 226 cm³/mol. The molecule has 0 bridgehead atoms. The van der Waals surface area contributed by atoms with Crippen molar-refractivity contribution in [1.29, 1.82) is 0 Å². The molecule has 2 aliphatic rings. The fourth-order valence-electron chi connectivity index (χ4n) is 10.1. The molecule has 1 aromatic heterocycles.